The fourth-order valence-electron chi connectivity index (χ4n) is 11.2. The molecule has 67 heavy (non-hydrogen) atoms. The number of benzene rings is 12. The second kappa shape index (κ2) is 15.0. The molecule has 0 unspecified atom stereocenters. The van der Waals surface area contributed by atoms with E-state index < -0.39 is 0 Å². The highest BCUT2D eigenvalue weighted by molar-refractivity contribution is 7.00. The summed E-state index contributed by atoms with van der Waals surface area (Å²) in [5, 5.41) is 10.0. The summed E-state index contributed by atoms with van der Waals surface area (Å²) in [5.74, 6) is 0. The average Bonchev–Trinajstić information content (AvgIpc) is 3.40. The molecule has 0 N–H and O–H groups in total. The van der Waals surface area contributed by atoms with Gasteiger partial charge in [-0.1, -0.05) is 200 Å². The lowest BCUT2D eigenvalue weighted by molar-refractivity contribution is 1.26. The Labute approximate surface area is 390 Å². The third kappa shape index (κ3) is 5.98. The van der Waals surface area contributed by atoms with Crippen molar-refractivity contribution >= 4 is 100 Å². The average molecular weight is 849 g/mol. The molecule has 2 aliphatic heterocycles. The van der Waals surface area contributed by atoms with Gasteiger partial charge in [-0.3, -0.25) is 0 Å². The smallest absolute Gasteiger partial charge is 0.252 e. The van der Waals surface area contributed by atoms with Gasteiger partial charge in [0.2, 0.25) is 0 Å². The van der Waals surface area contributed by atoms with Gasteiger partial charge < -0.3 is 9.80 Å². The van der Waals surface area contributed by atoms with E-state index >= 15 is 0 Å². The molecule has 0 aliphatic carbocycles. The first-order valence-electron chi connectivity index (χ1n) is 23.3. The number of rotatable bonds is 5. The number of anilines is 6. The van der Waals surface area contributed by atoms with Gasteiger partial charge in [-0.2, -0.15) is 0 Å². The second-order valence-corrected chi connectivity index (χ2v) is 18.1. The Kier molecular flexibility index (Phi) is 8.41. The number of fused-ring (bicyclic) bond motifs is 10. The summed E-state index contributed by atoms with van der Waals surface area (Å²) in [7, 11) is 0. The van der Waals surface area contributed by atoms with Gasteiger partial charge in [-0.05, 0) is 141 Å². The van der Waals surface area contributed by atoms with Crippen LogP contribution in [0.15, 0.2) is 249 Å². The molecule has 0 spiro atoms. The van der Waals surface area contributed by atoms with Crippen LogP contribution >= 0.6 is 0 Å². The SMILES string of the molecule is c1ccc(-c2ccc(N3c4cc5ccc6ccccc6c5cc4B4c5cc6c(ccc7ccccc76)cc5N(c5ccc(-c6ccccc6)cc5)c5cc(-c6ccccc6)cc3c54)cc2)cc1. The first kappa shape index (κ1) is 37.7. The Morgan fingerprint density at radius 2 is 0.597 bits per heavy atom. The van der Waals surface area contributed by atoms with Crippen LogP contribution in [-0.4, -0.2) is 6.71 Å². The minimum atomic E-state index is -0.0637. The predicted molar refractivity (Wildman–Crippen MR) is 287 cm³/mol. The molecule has 12 aromatic rings. The maximum Gasteiger partial charge on any atom is 0.252 e. The van der Waals surface area contributed by atoms with Gasteiger partial charge >= 0.3 is 0 Å². The van der Waals surface area contributed by atoms with Gasteiger partial charge in [-0.15, -0.1) is 0 Å². The summed E-state index contributed by atoms with van der Waals surface area (Å²) < 4.78 is 0. The Bertz CT molecular complexity index is 3670. The molecule has 0 amide bonds. The van der Waals surface area contributed by atoms with Crippen molar-refractivity contribution in [2.75, 3.05) is 9.80 Å². The maximum absolute atomic E-state index is 2.55. The third-order valence-corrected chi connectivity index (χ3v) is 14.4. The first-order chi connectivity index (χ1) is 33.2. The monoisotopic (exact) mass is 848 g/mol. The Hall–Kier alpha value is -8.66. The van der Waals surface area contributed by atoms with Crippen molar-refractivity contribution < 1.29 is 0 Å². The van der Waals surface area contributed by atoms with E-state index in [9.17, 15) is 0 Å². The van der Waals surface area contributed by atoms with Crippen LogP contribution in [0.1, 0.15) is 0 Å². The fraction of sp³-hybridized carbons (Fsp3) is 0. The summed E-state index contributed by atoms with van der Waals surface area (Å²) >= 11 is 0. The van der Waals surface area contributed by atoms with Crippen LogP contribution in [0, 0.1) is 0 Å². The lowest BCUT2D eigenvalue weighted by Crippen LogP contribution is -2.61. The molecule has 2 heterocycles. The molecule has 0 fully saturated rings. The van der Waals surface area contributed by atoms with Gasteiger partial charge in [0.15, 0.2) is 0 Å². The predicted octanol–water partition coefficient (Wildman–Crippen LogP) is 15.4. The molecule has 0 aromatic heterocycles. The molecule has 12 aromatic carbocycles. The normalized spacial score (nSPS) is 12.7. The van der Waals surface area contributed by atoms with Crippen molar-refractivity contribution in [2.45, 2.75) is 0 Å². The highest BCUT2D eigenvalue weighted by atomic mass is 15.2. The molecule has 0 atom stereocenters. The second-order valence-electron chi connectivity index (χ2n) is 18.1. The van der Waals surface area contributed by atoms with E-state index in [1.165, 1.54) is 116 Å². The van der Waals surface area contributed by atoms with E-state index in [1.54, 1.807) is 0 Å². The van der Waals surface area contributed by atoms with Crippen molar-refractivity contribution in [2.24, 2.45) is 0 Å². The van der Waals surface area contributed by atoms with E-state index in [4.69, 9.17) is 0 Å². The standard InChI is InChI=1S/C64H41BN2/c1-4-14-42(15-5-1)45-28-32-52(33-29-45)66-60-36-49-26-24-47-20-10-12-22-54(47)56(49)40-58(60)65-59-41-57-50(27-25-48-21-11-13-23-55(48)57)37-61(59)67(53-34-30-46(31-35-53)43-16-6-2-7-17-43)63-39-51(38-62(66)64(63)65)44-18-8-3-9-19-44/h1-41H. The molecular formula is C64H41BN2. The maximum atomic E-state index is 2.55. The summed E-state index contributed by atoms with van der Waals surface area (Å²) in [4.78, 5) is 5.11. The summed E-state index contributed by atoms with van der Waals surface area (Å²) in [6.45, 7) is -0.0637. The molecule has 0 saturated heterocycles. The first-order valence-corrected chi connectivity index (χ1v) is 23.3. The highest BCUT2D eigenvalue weighted by Gasteiger charge is 2.44. The summed E-state index contributed by atoms with van der Waals surface area (Å²) in [6, 6.07) is 92.5. The van der Waals surface area contributed by atoms with Crippen molar-refractivity contribution in [3.8, 4) is 33.4 Å². The highest BCUT2D eigenvalue weighted by Crippen LogP contribution is 2.48. The lowest BCUT2D eigenvalue weighted by Gasteiger charge is -2.45. The Morgan fingerprint density at radius 1 is 0.239 bits per heavy atom. The van der Waals surface area contributed by atoms with E-state index in [0.29, 0.717) is 0 Å². The quantitative estimate of drug-likeness (QED) is 0.126. The van der Waals surface area contributed by atoms with Gasteiger partial charge in [0.25, 0.3) is 6.71 Å². The van der Waals surface area contributed by atoms with Crippen LogP contribution in [0.3, 0.4) is 0 Å². The third-order valence-electron chi connectivity index (χ3n) is 14.4. The van der Waals surface area contributed by atoms with Gasteiger partial charge in [0.1, 0.15) is 0 Å². The fourth-order valence-corrected chi connectivity index (χ4v) is 11.2. The van der Waals surface area contributed by atoms with Crippen LogP contribution in [0.4, 0.5) is 34.1 Å². The molecule has 2 nitrogen and oxygen atoms in total. The van der Waals surface area contributed by atoms with Crippen LogP contribution < -0.4 is 26.2 Å². The van der Waals surface area contributed by atoms with Crippen LogP contribution in [0.2, 0.25) is 0 Å². The molecule has 0 bridgehead atoms. The van der Waals surface area contributed by atoms with Crippen LogP contribution in [-0.2, 0) is 0 Å². The number of hydrogen-bond donors (Lipinski definition) is 0. The molecule has 14 rings (SSSR count). The minimum Gasteiger partial charge on any atom is -0.311 e. The van der Waals surface area contributed by atoms with Gasteiger partial charge in [0.05, 0.1) is 0 Å². The van der Waals surface area contributed by atoms with Crippen molar-refractivity contribution in [1.82, 2.24) is 0 Å². The van der Waals surface area contributed by atoms with Crippen molar-refractivity contribution in [1.29, 1.82) is 0 Å². The van der Waals surface area contributed by atoms with E-state index in [0.717, 1.165) is 11.4 Å². The molecule has 0 saturated carbocycles. The van der Waals surface area contributed by atoms with Crippen LogP contribution in [0.5, 0.6) is 0 Å². The van der Waals surface area contributed by atoms with Crippen molar-refractivity contribution in [3.05, 3.63) is 249 Å². The minimum absolute atomic E-state index is 0.0637. The Balaban J connectivity index is 1.11. The summed E-state index contributed by atoms with van der Waals surface area (Å²) in [5.41, 5.74) is 18.1. The van der Waals surface area contributed by atoms with Gasteiger partial charge in [0, 0.05) is 34.1 Å². The van der Waals surface area contributed by atoms with E-state index in [2.05, 4.69) is 259 Å². The number of nitrogens with zero attached hydrogens (tertiary/aromatic N) is 2. The molecule has 0 radical (unpaired) electrons. The van der Waals surface area contributed by atoms with Crippen molar-refractivity contribution in [3.63, 3.8) is 0 Å². The zero-order valence-corrected chi connectivity index (χ0v) is 36.6. The lowest BCUT2D eigenvalue weighted by atomic mass is 9.33. The van der Waals surface area contributed by atoms with E-state index in [-0.39, 0.29) is 6.71 Å². The zero-order valence-electron chi connectivity index (χ0n) is 36.6. The van der Waals surface area contributed by atoms with E-state index in [1.807, 2.05) is 0 Å². The molecule has 3 heteroatoms. The molecular weight excluding hydrogens is 808 g/mol. The van der Waals surface area contributed by atoms with Crippen LogP contribution in [0.25, 0.3) is 76.5 Å². The van der Waals surface area contributed by atoms with Gasteiger partial charge in [-0.25, -0.2) is 0 Å². The molecule has 2 aliphatic rings. The summed E-state index contributed by atoms with van der Waals surface area (Å²) in [6.07, 6.45) is 0. The topological polar surface area (TPSA) is 6.48 Å². The Morgan fingerprint density at radius 3 is 1.03 bits per heavy atom. The largest absolute Gasteiger partial charge is 0.311 e. The molecule has 310 valence electrons. The zero-order chi connectivity index (χ0) is 44.0. The number of hydrogen-bond acceptors (Lipinski definition) is 2.